The van der Waals surface area contributed by atoms with Crippen LogP contribution in [0.2, 0.25) is 0 Å². The highest BCUT2D eigenvalue weighted by molar-refractivity contribution is 5.79. The molecule has 1 saturated heterocycles. The lowest BCUT2D eigenvalue weighted by atomic mass is 10.2. The topological polar surface area (TPSA) is 78.4 Å². The lowest BCUT2D eigenvalue weighted by Gasteiger charge is -2.24. The van der Waals surface area contributed by atoms with Crippen molar-refractivity contribution < 1.29 is 9.18 Å². The van der Waals surface area contributed by atoms with Crippen molar-refractivity contribution in [2.75, 3.05) is 31.1 Å². The normalized spacial score (nSPS) is 14.7. The van der Waals surface area contributed by atoms with Crippen LogP contribution in [0.4, 0.5) is 10.1 Å². The van der Waals surface area contributed by atoms with Gasteiger partial charge in [-0.1, -0.05) is 12.1 Å². The van der Waals surface area contributed by atoms with E-state index in [0.29, 0.717) is 30.5 Å². The molecule has 1 amide bonds. The summed E-state index contributed by atoms with van der Waals surface area (Å²) < 4.78 is 14.6. The first-order valence-electron chi connectivity index (χ1n) is 10.0. The van der Waals surface area contributed by atoms with Gasteiger partial charge in [-0.3, -0.25) is 19.1 Å². The van der Waals surface area contributed by atoms with Gasteiger partial charge in [0.1, 0.15) is 5.82 Å². The van der Waals surface area contributed by atoms with E-state index < -0.39 is 11.2 Å². The van der Waals surface area contributed by atoms with Crippen LogP contribution in [0.1, 0.15) is 12.8 Å². The number of carbonyl (C=O) groups is 1. The van der Waals surface area contributed by atoms with E-state index >= 15 is 0 Å². The van der Waals surface area contributed by atoms with Gasteiger partial charge in [0.15, 0.2) is 0 Å². The lowest BCUT2D eigenvalue weighted by Crippen LogP contribution is -2.37. The Morgan fingerprint density at radius 3 is 2.53 bits per heavy atom. The molecule has 8 heteroatoms. The molecule has 0 unspecified atom stereocenters. The molecule has 30 heavy (non-hydrogen) atoms. The molecule has 0 aliphatic carbocycles. The van der Waals surface area contributed by atoms with Crippen molar-refractivity contribution in [1.29, 1.82) is 0 Å². The van der Waals surface area contributed by atoms with E-state index in [1.807, 2.05) is 4.90 Å². The third kappa shape index (κ3) is 4.12. The quantitative estimate of drug-likeness (QED) is 0.713. The molecule has 1 N–H and O–H groups in total. The minimum Gasteiger partial charge on any atom is -0.370 e. The number of H-pyrrole nitrogens is 1. The number of anilines is 1. The Balaban J connectivity index is 1.43. The minimum absolute atomic E-state index is 0.0295. The van der Waals surface area contributed by atoms with Gasteiger partial charge in [-0.25, -0.2) is 9.18 Å². The third-order valence-electron chi connectivity index (χ3n) is 5.49. The predicted molar refractivity (Wildman–Crippen MR) is 113 cm³/mol. The number of carbonyl (C=O) groups excluding carboxylic acids is 1. The Bertz CT molecular complexity index is 1170. The van der Waals surface area contributed by atoms with Gasteiger partial charge in [0.05, 0.1) is 10.9 Å². The summed E-state index contributed by atoms with van der Waals surface area (Å²) in [6.07, 6.45) is 0.983. The zero-order chi connectivity index (χ0) is 21.1. The first-order chi connectivity index (χ1) is 14.5. The highest BCUT2D eigenvalue weighted by Gasteiger charge is 2.20. The SMILES string of the molecule is O=C(CCn1c(=O)[nH]c(=O)c2ccccc21)N1CCCN(c2ccc(F)cc2)CC1. The summed E-state index contributed by atoms with van der Waals surface area (Å²) in [5.74, 6) is -0.298. The summed E-state index contributed by atoms with van der Waals surface area (Å²) in [6, 6.07) is 13.2. The Labute approximate surface area is 172 Å². The molecule has 1 fully saturated rings. The number of nitrogens with one attached hydrogen (secondary N) is 1. The first kappa shape index (κ1) is 19.9. The fourth-order valence-corrected chi connectivity index (χ4v) is 3.91. The minimum atomic E-state index is -0.509. The summed E-state index contributed by atoms with van der Waals surface area (Å²) in [4.78, 5) is 43.3. The number of aromatic amines is 1. The highest BCUT2D eigenvalue weighted by atomic mass is 19.1. The molecule has 0 saturated carbocycles. The monoisotopic (exact) mass is 410 g/mol. The van der Waals surface area contributed by atoms with Crippen LogP contribution in [0.3, 0.4) is 0 Å². The molecular weight excluding hydrogens is 387 g/mol. The van der Waals surface area contributed by atoms with Crippen LogP contribution in [0.15, 0.2) is 58.1 Å². The average Bonchev–Trinajstić information content (AvgIpc) is 3.00. The number of rotatable bonds is 4. The van der Waals surface area contributed by atoms with E-state index in [0.717, 1.165) is 18.7 Å². The Hall–Kier alpha value is -3.42. The molecule has 1 aliphatic rings. The summed E-state index contributed by atoms with van der Waals surface area (Å²) in [5.41, 5.74) is 0.533. The number of amides is 1. The molecule has 0 bridgehead atoms. The van der Waals surface area contributed by atoms with Crippen LogP contribution in [-0.2, 0) is 11.3 Å². The number of benzene rings is 2. The summed E-state index contributed by atoms with van der Waals surface area (Å²) in [5, 5.41) is 0.425. The molecule has 1 aliphatic heterocycles. The molecular formula is C22H23FN4O3. The number of fused-ring (bicyclic) bond motifs is 1. The van der Waals surface area contributed by atoms with Crippen molar-refractivity contribution in [3.05, 3.63) is 75.2 Å². The zero-order valence-corrected chi connectivity index (χ0v) is 16.5. The van der Waals surface area contributed by atoms with E-state index in [1.165, 1.54) is 16.7 Å². The maximum absolute atomic E-state index is 13.2. The van der Waals surface area contributed by atoms with Crippen LogP contribution in [0, 0.1) is 5.82 Å². The number of hydrogen-bond donors (Lipinski definition) is 1. The van der Waals surface area contributed by atoms with E-state index in [1.54, 1.807) is 36.4 Å². The number of halogens is 1. The standard InChI is InChI=1S/C22H23FN4O3/c23-16-6-8-17(9-7-16)25-11-3-12-26(15-14-25)20(28)10-13-27-19-5-2-1-4-18(19)21(29)24-22(27)30/h1-2,4-9H,3,10-15H2,(H,24,29,30). The van der Waals surface area contributed by atoms with Crippen molar-refractivity contribution in [1.82, 2.24) is 14.5 Å². The molecule has 0 radical (unpaired) electrons. The molecule has 156 valence electrons. The smallest absolute Gasteiger partial charge is 0.328 e. The largest absolute Gasteiger partial charge is 0.370 e. The van der Waals surface area contributed by atoms with Crippen molar-refractivity contribution in [2.45, 2.75) is 19.4 Å². The van der Waals surface area contributed by atoms with Gasteiger partial charge in [-0.15, -0.1) is 0 Å². The maximum atomic E-state index is 13.2. The zero-order valence-electron chi connectivity index (χ0n) is 16.5. The van der Waals surface area contributed by atoms with E-state index in [-0.39, 0.29) is 24.7 Å². The van der Waals surface area contributed by atoms with E-state index in [2.05, 4.69) is 9.88 Å². The molecule has 2 heterocycles. The van der Waals surface area contributed by atoms with Crippen LogP contribution in [0.5, 0.6) is 0 Å². The van der Waals surface area contributed by atoms with Gasteiger partial charge in [-0.05, 0) is 42.8 Å². The summed E-state index contributed by atoms with van der Waals surface area (Å²) >= 11 is 0. The number of aryl methyl sites for hydroxylation is 1. The highest BCUT2D eigenvalue weighted by Crippen LogP contribution is 2.17. The Kier molecular flexibility index (Phi) is 5.65. The van der Waals surface area contributed by atoms with E-state index in [9.17, 15) is 18.8 Å². The summed E-state index contributed by atoms with van der Waals surface area (Å²) in [6.45, 7) is 2.86. The lowest BCUT2D eigenvalue weighted by molar-refractivity contribution is -0.131. The number of aromatic nitrogens is 2. The number of nitrogens with zero attached hydrogens (tertiary/aromatic N) is 3. The fraction of sp³-hybridized carbons (Fsp3) is 0.318. The summed E-state index contributed by atoms with van der Waals surface area (Å²) in [7, 11) is 0. The molecule has 7 nitrogen and oxygen atoms in total. The molecule has 3 aromatic rings. The van der Waals surface area contributed by atoms with Crippen molar-refractivity contribution in [2.24, 2.45) is 0 Å². The van der Waals surface area contributed by atoms with Crippen molar-refractivity contribution >= 4 is 22.5 Å². The van der Waals surface area contributed by atoms with Crippen molar-refractivity contribution in [3.8, 4) is 0 Å². The third-order valence-corrected chi connectivity index (χ3v) is 5.49. The van der Waals surface area contributed by atoms with Crippen LogP contribution < -0.4 is 16.1 Å². The molecule has 2 aromatic carbocycles. The molecule has 1 aromatic heterocycles. The second-order valence-corrected chi connectivity index (χ2v) is 7.38. The fourth-order valence-electron chi connectivity index (χ4n) is 3.91. The van der Waals surface area contributed by atoms with Gasteiger partial charge < -0.3 is 9.80 Å². The van der Waals surface area contributed by atoms with Crippen LogP contribution in [0.25, 0.3) is 10.9 Å². The first-order valence-corrected chi connectivity index (χ1v) is 10.0. The second kappa shape index (κ2) is 8.52. The molecule has 0 atom stereocenters. The predicted octanol–water partition coefficient (Wildman–Crippen LogP) is 1.96. The maximum Gasteiger partial charge on any atom is 0.328 e. The number of para-hydroxylation sites is 1. The average molecular weight is 410 g/mol. The van der Waals surface area contributed by atoms with Gasteiger partial charge in [0, 0.05) is 44.8 Å². The van der Waals surface area contributed by atoms with Crippen LogP contribution >= 0.6 is 0 Å². The van der Waals surface area contributed by atoms with Crippen molar-refractivity contribution in [3.63, 3.8) is 0 Å². The van der Waals surface area contributed by atoms with Crippen LogP contribution in [-0.4, -0.2) is 46.5 Å². The van der Waals surface area contributed by atoms with Gasteiger partial charge >= 0.3 is 5.69 Å². The molecule has 4 rings (SSSR count). The Morgan fingerprint density at radius 2 is 1.73 bits per heavy atom. The van der Waals surface area contributed by atoms with Gasteiger partial charge in [-0.2, -0.15) is 0 Å². The Morgan fingerprint density at radius 1 is 0.967 bits per heavy atom. The van der Waals surface area contributed by atoms with Gasteiger partial charge in [0.2, 0.25) is 5.91 Å². The van der Waals surface area contributed by atoms with Gasteiger partial charge in [0.25, 0.3) is 5.56 Å². The van der Waals surface area contributed by atoms with E-state index in [4.69, 9.17) is 0 Å². The number of hydrogen-bond acceptors (Lipinski definition) is 4. The molecule has 0 spiro atoms. The second-order valence-electron chi connectivity index (χ2n) is 7.38.